The molecule has 0 N–H and O–H groups in total. The number of benzene rings is 1. The molecule has 1 heterocycles. The third-order valence-corrected chi connectivity index (χ3v) is 5.33. The number of hydrogen-bond donors (Lipinski definition) is 0. The zero-order valence-corrected chi connectivity index (χ0v) is 16.8. The van der Waals surface area contributed by atoms with E-state index in [4.69, 9.17) is 26.4 Å². The van der Waals surface area contributed by atoms with Crippen LogP contribution in [0.3, 0.4) is 0 Å². The molecule has 1 amide bonds. The number of carbonyl (C=O) groups is 1. The number of amides is 1. The van der Waals surface area contributed by atoms with Crippen LogP contribution < -0.4 is 9.47 Å². The minimum atomic E-state index is -0.109. The Bertz CT molecular complexity index is 678. The summed E-state index contributed by atoms with van der Waals surface area (Å²) in [6.45, 7) is 3.32. The molecule has 8 heteroatoms. The molecule has 5 nitrogen and oxygen atoms in total. The molecule has 130 valence electrons. The Morgan fingerprint density at radius 3 is 2.71 bits per heavy atom. The van der Waals surface area contributed by atoms with Crippen LogP contribution in [0.15, 0.2) is 21.5 Å². The van der Waals surface area contributed by atoms with Crippen LogP contribution in [0.4, 0.5) is 0 Å². The first-order chi connectivity index (χ1) is 11.5. The van der Waals surface area contributed by atoms with Crippen molar-refractivity contribution in [2.45, 2.75) is 6.92 Å². The second-order valence-corrected chi connectivity index (χ2v) is 7.31. The lowest BCUT2D eigenvalue weighted by atomic mass is 10.2. The molecule has 0 atom stereocenters. The van der Waals surface area contributed by atoms with E-state index in [1.807, 2.05) is 19.1 Å². The number of carbonyl (C=O) groups excluding carboxylic acids is 1. The lowest BCUT2D eigenvalue weighted by Gasteiger charge is -2.13. The van der Waals surface area contributed by atoms with Crippen LogP contribution in [0.1, 0.15) is 12.5 Å². The highest BCUT2D eigenvalue weighted by Gasteiger charge is 2.31. The van der Waals surface area contributed by atoms with Gasteiger partial charge in [0, 0.05) is 11.6 Å². The summed E-state index contributed by atoms with van der Waals surface area (Å²) in [5.41, 5.74) is 0.825. The van der Waals surface area contributed by atoms with Crippen molar-refractivity contribution >= 4 is 56.2 Å². The Morgan fingerprint density at radius 1 is 1.33 bits per heavy atom. The first-order valence-electron chi connectivity index (χ1n) is 7.26. The minimum Gasteiger partial charge on any atom is -0.493 e. The standard InChI is InChI=1S/C16H18BrNO4S2/c1-4-22-13-7-10(11(17)9-12(13)21-3)8-14-15(19)18(5-6-20-2)16(23)24-14/h7-9H,4-6H2,1-3H3. The molecule has 0 aliphatic carbocycles. The molecule has 1 saturated heterocycles. The average Bonchev–Trinajstić information content (AvgIpc) is 2.82. The first kappa shape index (κ1) is 19.2. The lowest BCUT2D eigenvalue weighted by Crippen LogP contribution is -2.31. The molecule has 2 rings (SSSR count). The molecular formula is C16H18BrNO4S2. The van der Waals surface area contributed by atoms with Gasteiger partial charge in [0.05, 0.1) is 31.8 Å². The van der Waals surface area contributed by atoms with Crippen LogP contribution in [-0.4, -0.2) is 49.1 Å². The van der Waals surface area contributed by atoms with Gasteiger partial charge in [-0.15, -0.1) is 0 Å². The van der Waals surface area contributed by atoms with Crippen molar-refractivity contribution in [3.05, 3.63) is 27.1 Å². The predicted octanol–water partition coefficient (Wildman–Crippen LogP) is 3.70. The molecule has 1 aromatic rings. The van der Waals surface area contributed by atoms with Gasteiger partial charge in [-0.25, -0.2) is 0 Å². The van der Waals surface area contributed by atoms with Crippen molar-refractivity contribution in [2.24, 2.45) is 0 Å². The largest absolute Gasteiger partial charge is 0.493 e. The van der Waals surface area contributed by atoms with Gasteiger partial charge in [0.2, 0.25) is 0 Å². The summed E-state index contributed by atoms with van der Waals surface area (Å²) in [7, 11) is 3.18. The molecule has 0 spiro atoms. The Labute approximate surface area is 159 Å². The Balaban J connectivity index is 2.32. The quantitative estimate of drug-likeness (QED) is 0.484. The third-order valence-electron chi connectivity index (χ3n) is 3.26. The van der Waals surface area contributed by atoms with Crippen molar-refractivity contribution in [2.75, 3.05) is 34.0 Å². The number of rotatable bonds is 7. The van der Waals surface area contributed by atoms with Gasteiger partial charge in [-0.05, 0) is 30.7 Å². The molecule has 0 radical (unpaired) electrons. The maximum atomic E-state index is 12.5. The maximum absolute atomic E-state index is 12.5. The second kappa shape index (κ2) is 8.84. The Kier molecular flexibility index (Phi) is 7.09. The fourth-order valence-corrected chi connectivity index (χ4v) is 3.84. The van der Waals surface area contributed by atoms with Gasteiger partial charge in [-0.2, -0.15) is 0 Å². The molecule has 0 bridgehead atoms. The summed E-state index contributed by atoms with van der Waals surface area (Å²) in [5, 5.41) is 0. The summed E-state index contributed by atoms with van der Waals surface area (Å²) in [4.78, 5) is 14.6. The van der Waals surface area contributed by atoms with Gasteiger partial charge in [-0.1, -0.05) is 39.9 Å². The van der Waals surface area contributed by atoms with E-state index in [0.717, 1.165) is 10.0 Å². The highest BCUT2D eigenvalue weighted by molar-refractivity contribution is 9.10. The van der Waals surface area contributed by atoms with Crippen molar-refractivity contribution in [1.29, 1.82) is 0 Å². The molecule has 1 aromatic carbocycles. The van der Waals surface area contributed by atoms with Crippen molar-refractivity contribution < 1.29 is 19.0 Å². The normalized spacial score (nSPS) is 16.2. The number of ether oxygens (including phenoxy) is 3. The van der Waals surface area contributed by atoms with E-state index in [9.17, 15) is 4.79 Å². The van der Waals surface area contributed by atoms with Gasteiger partial charge in [-0.3, -0.25) is 9.69 Å². The molecule has 1 aliphatic rings. The number of methoxy groups -OCH3 is 2. The maximum Gasteiger partial charge on any atom is 0.266 e. The smallest absolute Gasteiger partial charge is 0.266 e. The summed E-state index contributed by atoms with van der Waals surface area (Å²) >= 11 is 10.1. The molecule has 0 aromatic heterocycles. The van der Waals surface area contributed by atoms with Crippen LogP contribution in [0, 0.1) is 0 Å². The van der Waals surface area contributed by atoms with Gasteiger partial charge >= 0.3 is 0 Å². The second-order valence-electron chi connectivity index (χ2n) is 4.78. The molecule has 24 heavy (non-hydrogen) atoms. The van der Waals surface area contributed by atoms with E-state index in [2.05, 4.69) is 15.9 Å². The van der Waals surface area contributed by atoms with Crippen LogP contribution in [0.5, 0.6) is 11.5 Å². The summed E-state index contributed by atoms with van der Waals surface area (Å²) in [6.07, 6.45) is 1.80. The Hall–Kier alpha value is -1.09. The predicted molar refractivity (Wildman–Crippen MR) is 104 cm³/mol. The SMILES string of the molecule is CCOc1cc(C=C2SC(=S)N(CCOC)C2=O)c(Br)cc1OC. The Morgan fingerprint density at radius 2 is 2.08 bits per heavy atom. The monoisotopic (exact) mass is 431 g/mol. The molecule has 1 fully saturated rings. The zero-order chi connectivity index (χ0) is 17.7. The molecule has 0 unspecified atom stereocenters. The number of thiocarbonyl (C=S) groups is 1. The first-order valence-corrected chi connectivity index (χ1v) is 9.28. The fraction of sp³-hybridized carbons (Fsp3) is 0.375. The van der Waals surface area contributed by atoms with Crippen LogP contribution in [0.25, 0.3) is 6.08 Å². The van der Waals surface area contributed by atoms with Gasteiger partial charge in [0.25, 0.3) is 5.91 Å². The summed E-state index contributed by atoms with van der Waals surface area (Å²) < 4.78 is 17.3. The third kappa shape index (κ3) is 4.30. The average molecular weight is 432 g/mol. The topological polar surface area (TPSA) is 48.0 Å². The van der Waals surface area contributed by atoms with Crippen LogP contribution >= 0.6 is 39.9 Å². The molecule has 1 aliphatic heterocycles. The van der Waals surface area contributed by atoms with E-state index in [0.29, 0.717) is 40.5 Å². The van der Waals surface area contributed by atoms with Gasteiger partial charge < -0.3 is 14.2 Å². The lowest BCUT2D eigenvalue weighted by molar-refractivity contribution is -0.122. The van der Waals surface area contributed by atoms with E-state index in [1.54, 1.807) is 25.2 Å². The highest BCUT2D eigenvalue weighted by Crippen LogP contribution is 2.38. The fourth-order valence-electron chi connectivity index (χ4n) is 2.11. The highest BCUT2D eigenvalue weighted by atomic mass is 79.9. The van der Waals surface area contributed by atoms with E-state index in [-0.39, 0.29) is 5.91 Å². The minimum absolute atomic E-state index is 0.109. The van der Waals surface area contributed by atoms with Crippen LogP contribution in [0.2, 0.25) is 0 Å². The van der Waals surface area contributed by atoms with E-state index in [1.165, 1.54) is 11.8 Å². The number of hydrogen-bond acceptors (Lipinski definition) is 6. The van der Waals surface area contributed by atoms with E-state index >= 15 is 0 Å². The van der Waals surface area contributed by atoms with E-state index < -0.39 is 0 Å². The zero-order valence-electron chi connectivity index (χ0n) is 13.6. The number of halogens is 1. The number of nitrogens with zero attached hydrogens (tertiary/aromatic N) is 1. The van der Waals surface area contributed by atoms with Crippen LogP contribution in [-0.2, 0) is 9.53 Å². The summed E-state index contributed by atoms with van der Waals surface area (Å²) in [5.74, 6) is 1.15. The van der Waals surface area contributed by atoms with Gasteiger partial charge in [0.1, 0.15) is 4.32 Å². The van der Waals surface area contributed by atoms with Crippen molar-refractivity contribution in [3.8, 4) is 11.5 Å². The van der Waals surface area contributed by atoms with Crippen molar-refractivity contribution in [3.63, 3.8) is 0 Å². The summed E-state index contributed by atoms with van der Waals surface area (Å²) in [6, 6.07) is 3.66. The van der Waals surface area contributed by atoms with Gasteiger partial charge in [0.15, 0.2) is 11.5 Å². The number of thioether (sulfide) groups is 1. The molecule has 0 saturated carbocycles. The van der Waals surface area contributed by atoms with Crippen molar-refractivity contribution in [1.82, 2.24) is 4.90 Å². The molecular weight excluding hydrogens is 414 g/mol.